The lowest BCUT2D eigenvalue weighted by atomic mass is 9.95. The summed E-state index contributed by atoms with van der Waals surface area (Å²) in [5, 5.41) is 0. The van der Waals surface area contributed by atoms with Gasteiger partial charge in [-0.25, -0.2) is 0 Å². The average Bonchev–Trinajstić information content (AvgIpc) is 3.03. The summed E-state index contributed by atoms with van der Waals surface area (Å²) in [7, 11) is 8.89. The Balaban J connectivity index is 1.92. The molecule has 27 heavy (non-hydrogen) atoms. The Morgan fingerprint density at radius 3 is 2.19 bits per heavy atom. The van der Waals surface area contributed by atoms with E-state index in [1.54, 1.807) is 28.4 Å². The van der Waals surface area contributed by atoms with E-state index in [0.717, 1.165) is 42.4 Å². The highest BCUT2D eigenvalue weighted by Gasteiger charge is 2.32. The van der Waals surface area contributed by atoms with E-state index in [9.17, 15) is 0 Å². The molecule has 4 rings (SSSR count). The second kappa shape index (κ2) is 6.72. The molecule has 0 saturated heterocycles. The summed E-state index contributed by atoms with van der Waals surface area (Å²) in [6.07, 6.45) is 1.76. The second-order valence-corrected chi connectivity index (χ2v) is 6.87. The fourth-order valence-electron chi connectivity index (χ4n) is 4.28. The van der Waals surface area contributed by atoms with Crippen molar-refractivity contribution < 1.29 is 18.9 Å². The van der Waals surface area contributed by atoms with Gasteiger partial charge in [0.05, 0.1) is 28.4 Å². The number of nitrogens with zero attached hydrogens (tertiary/aromatic N) is 1. The number of likely N-dealkylation sites (N-methyl/N-ethyl adjacent to an activating group) is 1. The molecule has 0 radical (unpaired) electrons. The molecule has 0 fully saturated rings. The van der Waals surface area contributed by atoms with Crippen molar-refractivity contribution in [1.82, 2.24) is 4.90 Å². The molecule has 1 aliphatic carbocycles. The zero-order chi connectivity index (χ0) is 19.1. The van der Waals surface area contributed by atoms with Crippen LogP contribution in [0.2, 0.25) is 0 Å². The summed E-state index contributed by atoms with van der Waals surface area (Å²) in [5.41, 5.74) is 7.46. The molecule has 0 bridgehead atoms. The first-order valence-corrected chi connectivity index (χ1v) is 9.06. The zero-order valence-electron chi connectivity index (χ0n) is 16.5. The van der Waals surface area contributed by atoms with Crippen molar-refractivity contribution in [3.05, 3.63) is 46.5 Å². The Morgan fingerprint density at radius 1 is 0.815 bits per heavy atom. The maximum Gasteiger partial charge on any atom is 0.164 e. The Labute approximate surface area is 160 Å². The number of ether oxygens (including phenoxy) is 4. The minimum Gasteiger partial charge on any atom is -0.493 e. The molecular weight excluding hydrogens is 342 g/mol. The summed E-state index contributed by atoms with van der Waals surface area (Å²) in [5.74, 6) is 3.12. The Bertz CT molecular complexity index is 932. The van der Waals surface area contributed by atoms with Crippen molar-refractivity contribution in [3.8, 4) is 23.0 Å². The van der Waals surface area contributed by atoms with Crippen LogP contribution in [-0.4, -0.2) is 46.9 Å². The van der Waals surface area contributed by atoms with Gasteiger partial charge in [0.15, 0.2) is 23.0 Å². The van der Waals surface area contributed by atoms with Gasteiger partial charge < -0.3 is 23.8 Å². The Hall–Kier alpha value is -2.82. The van der Waals surface area contributed by atoms with E-state index in [2.05, 4.69) is 30.1 Å². The first-order valence-electron chi connectivity index (χ1n) is 9.06. The van der Waals surface area contributed by atoms with Gasteiger partial charge in [-0.1, -0.05) is 0 Å². The van der Waals surface area contributed by atoms with Crippen molar-refractivity contribution >= 4 is 11.3 Å². The third-order valence-electron chi connectivity index (χ3n) is 5.58. The van der Waals surface area contributed by atoms with Crippen LogP contribution in [0.4, 0.5) is 0 Å². The van der Waals surface area contributed by atoms with Crippen LogP contribution in [0.15, 0.2) is 24.3 Å². The lowest BCUT2D eigenvalue weighted by Crippen LogP contribution is -2.18. The standard InChI is InChI=1S/C22H25NO4/c1-23-9-8-13-10-19(25-3)20(26-4)12-15(13)16-11-17-14(21(16)23)6-7-18(24-2)22(17)27-5/h6-7,10,12H,8-9,11H2,1-5H3. The van der Waals surface area contributed by atoms with Gasteiger partial charge in [-0.2, -0.15) is 0 Å². The largest absolute Gasteiger partial charge is 0.493 e. The number of allylic oxidation sites excluding steroid dienone is 1. The molecule has 2 aromatic carbocycles. The van der Waals surface area contributed by atoms with E-state index < -0.39 is 0 Å². The third-order valence-corrected chi connectivity index (χ3v) is 5.58. The first kappa shape index (κ1) is 17.6. The molecule has 1 aliphatic heterocycles. The van der Waals surface area contributed by atoms with E-state index in [0.29, 0.717) is 0 Å². The molecule has 0 atom stereocenters. The number of fused-ring (bicyclic) bond motifs is 4. The van der Waals surface area contributed by atoms with E-state index in [-0.39, 0.29) is 0 Å². The molecule has 0 aromatic heterocycles. The van der Waals surface area contributed by atoms with Gasteiger partial charge in [0.2, 0.25) is 0 Å². The highest BCUT2D eigenvalue weighted by Crippen LogP contribution is 2.49. The number of rotatable bonds is 4. The van der Waals surface area contributed by atoms with Crippen molar-refractivity contribution in [3.63, 3.8) is 0 Å². The zero-order valence-corrected chi connectivity index (χ0v) is 16.5. The quantitative estimate of drug-likeness (QED) is 0.825. The molecule has 0 spiro atoms. The molecule has 0 N–H and O–H groups in total. The smallest absolute Gasteiger partial charge is 0.164 e. The number of hydrogen-bond donors (Lipinski definition) is 0. The lowest BCUT2D eigenvalue weighted by Gasteiger charge is -2.21. The van der Waals surface area contributed by atoms with Crippen LogP contribution in [0.25, 0.3) is 11.3 Å². The summed E-state index contributed by atoms with van der Waals surface area (Å²) < 4.78 is 22.3. The normalized spacial score (nSPS) is 14.9. The van der Waals surface area contributed by atoms with Crippen LogP contribution in [0.1, 0.15) is 22.3 Å². The molecule has 2 aromatic rings. The fraction of sp³-hybridized carbons (Fsp3) is 0.364. The van der Waals surface area contributed by atoms with Crippen molar-refractivity contribution in [2.45, 2.75) is 12.8 Å². The number of benzene rings is 2. The average molecular weight is 367 g/mol. The molecule has 0 unspecified atom stereocenters. The SMILES string of the molecule is COc1cc2c(cc1OC)C1=C(c3ccc(OC)c(OC)c3C1)N(C)CC2. The van der Waals surface area contributed by atoms with Crippen molar-refractivity contribution in [2.24, 2.45) is 0 Å². The molecular formula is C22H25NO4. The molecule has 0 saturated carbocycles. The van der Waals surface area contributed by atoms with Crippen LogP contribution in [0.5, 0.6) is 23.0 Å². The fourth-order valence-corrected chi connectivity index (χ4v) is 4.28. The summed E-state index contributed by atoms with van der Waals surface area (Å²) in [6, 6.07) is 8.35. The minimum atomic E-state index is 0.758. The third kappa shape index (κ3) is 2.60. The van der Waals surface area contributed by atoms with Gasteiger partial charge in [0, 0.05) is 36.8 Å². The highest BCUT2D eigenvalue weighted by atomic mass is 16.5. The monoisotopic (exact) mass is 367 g/mol. The van der Waals surface area contributed by atoms with Gasteiger partial charge in [-0.3, -0.25) is 0 Å². The lowest BCUT2D eigenvalue weighted by molar-refractivity contribution is 0.352. The summed E-state index contributed by atoms with van der Waals surface area (Å²) >= 11 is 0. The summed E-state index contributed by atoms with van der Waals surface area (Å²) in [4.78, 5) is 2.34. The highest BCUT2D eigenvalue weighted by molar-refractivity contribution is 5.99. The van der Waals surface area contributed by atoms with E-state index in [4.69, 9.17) is 18.9 Å². The molecule has 142 valence electrons. The van der Waals surface area contributed by atoms with E-state index in [1.807, 2.05) is 6.07 Å². The van der Waals surface area contributed by atoms with Crippen LogP contribution in [0.3, 0.4) is 0 Å². The van der Waals surface area contributed by atoms with Crippen LogP contribution >= 0.6 is 0 Å². The predicted octanol–water partition coefficient (Wildman–Crippen LogP) is 3.63. The molecule has 5 heteroatoms. The molecule has 5 nitrogen and oxygen atoms in total. The second-order valence-electron chi connectivity index (χ2n) is 6.87. The molecule has 2 aliphatic rings. The van der Waals surface area contributed by atoms with Gasteiger partial charge in [0.25, 0.3) is 0 Å². The van der Waals surface area contributed by atoms with Crippen molar-refractivity contribution in [1.29, 1.82) is 0 Å². The predicted molar refractivity (Wildman–Crippen MR) is 106 cm³/mol. The van der Waals surface area contributed by atoms with E-state index in [1.165, 1.54) is 33.5 Å². The van der Waals surface area contributed by atoms with Gasteiger partial charge in [0.1, 0.15) is 0 Å². The summed E-state index contributed by atoms with van der Waals surface area (Å²) in [6.45, 7) is 0.940. The number of hydrogen-bond acceptors (Lipinski definition) is 5. The first-order chi connectivity index (χ1) is 13.1. The van der Waals surface area contributed by atoms with Crippen LogP contribution in [0, 0.1) is 0 Å². The molecule has 0 amide bonds. The maximum atomic E-state index is 5.71. The van der Waals surface area contributed by atoms with Gasteiger partial charge in [-0.15, -0.1) is 0 Å². The Morgan fingerprint density at radius 2 is 1.52 bits per heavy atom. The number of methoxy groups -OCH3 is 4. The Kier molecular flexibility index (Phi) is 4.38. The van der Waals surface area contributed by atoms with Crippen LogP contribution in [-0.2, 0) is 12.8 Å². The maximum absolute atomic E-state index is 5.71. The van der Waals surface area contributed by atoms with Crippen LogP contribution < -0.4 is 18.9 Å². The van der Waals surface area contributed by atoms with E-state index >= 15 is 0 Å². The van der Waals surface area contributed by atoms with Gasteiger partial charge in [-0.05, 0) is 47.4 Å². The topological polar surface area (TPSA) is 40.2 Å². The van der Waals surface area contributed by atoms with Crippen molar-refractivity contribution in [2.75, 3.05) is 42.0 Å². The minimum absolute atomic E-state index is 0.758. The molecule has 1 heterocycles. The van der Waals surface area contributed by atoms with Gasteiger partial charge >= 0.3 is 0 Å².